The van der Waals surface area contributed by atoms with E-state index in [1.165, 1.54) is 38.3 Å². The standard InChI is InChI=1S/C21H20N4O7/c1-10-16(17-20(31-10)22-9-25(2)21(17)27)19(26)23-15-8-12(24-32-15)11-6-13(28-3)18(30-5)14(7-11)29-4/h6-9H,1-5H3,(H,23,26). The van der Waals surface area contributed by atoms with Crippen LogP contribution in [0.25, 0.3) is 22.4 Å². The average molecular weight is 440 g/mol. The molecule has 0 saturated carbocycles. The molecule has 11 heteroatoms. The third-order valence-electron chi connectivity index (χ3n) is 4.88. The summed E-state index contributed by atoms with van der Waals surface area (Å²) in [6.45, 7) is 1.58. The van der Waals surface area contributed by atoms with Gasteiger partial charge in [-0.2, -0.15) is 0 Å². The van der Waals surface area contributed by atoms with E-state index in [4.69, 9.17) is 23.2 Å². The van der Waals surface area contributed by atoms with Gasteiger partial charge in [-0.15, -0.1) is 0 Å². The molecule has 4 aromatic rings. The maximum Gasteiger partial charge on any atom is 0.265 e. The molecule has 3 aromatic heterocycles. The van der Waals surface area contributed by atoms with Crippen molar-refractivity contribution in [2.45, 2.75) is 6.92 Å². The van der Waals surface area contributed by atoms with Crippen molar-refractivity contribution in [3.8, 4) is 28.5 Å². The minimum absolute atomic E-state index is 0.0771. The summed E-state index contributed by atoms with van der Waals surface area (Å²) in [5, 5.41) is 6.69. The number of carbonyl (C=O) groups excluding carboxylic acids is 1. The fourth-order valence-electron chi connectivity index (χ4n) is 3.33. The lowest BCUT2D eigenvalue weighted by molar-refractivity contribution is 0.102. The normalized spacial score (nSPS) is 10.9. The summed E-state index contributed by atoms with van der Waals surface area (Å²) in [6.07, 6.45) is 1.33. The van der Waals surface area contributed by atoms with Crippen LogP contribution >= 0.6 is 0 Å². The van der Waals surface area contributed by atoms with Gasteiger partial charge in [0, 0.05) is 18.7 Å². The van der Waals surface area contributed by atoms with Crippen LogP contribution in [0.5, 0.6) is 17.2 Å². The highest BCUT2D eigenvalue weighted by Crippen LogP contribution is 2.41. The molecule has 0 bridgehead atoms. The van der Waals surface area contributed by atoms with E-state index < -0.39 is 11.5 Å². The van der Waals surface area contributed by atoms with Crippen LogP contribution in [0.4, 0.5) is 5.88 Å². The van der Waals surface area contributed by atoms with E-state index in [1.807, 2.05) is 0 Å². The van der Waals surface area contributed by atoms with Gasteiger partial charge in [0.15, 0.2) is 11.5 Å². The van der Waals surface area contributed by atoms with Crippen molar-refractivity contribution < 1.29 is 27.9 Å². The predicted molar refractivity (Wildman–Crippen MR) is 114 cm³/mol. The van der Waals surface area contributed by atoms with Crippen LogP contribution in [0, 0.1) is 6.92 Å². The third-order valence-corrected chi connectivity index (χ3v) is 4.88. The van der Waals surface area contributed by atoms with Crippen LogP contribution in [0.3, 0.4) is 0 Å². The van der Waals surface area contributed by atoms with Gasteiger partial charge in [0.05, 0.1) is 26.9 Å². The molecule has 0 aliphatic rings. The van der Waals surface area contributed by atoms with Gasteiger partial charge in [-0.25, -0.2) is 4.98 Å². The number of benzene rings is 1. The van der Waals surface area contributed by atoms with Gasteiger partial charge < -0.3 is 27.7 Å². The van der Waals surface area contributed by atoms with Crippen molar-refractivity contribution in [2.24, 2.45) is 7.05 Å². The first-order valence-electron chi connectivity index (χ1n) is 9.41. The van der Waals surface area contributed by atoms with E-state index in [9.17, 15) is 9.59 Å². The number of anilines is 1. The highest BCUT2D eigenvalue weighted by molar-refractivity contribution is 6.12. The van der Waals surface area contributed by atoms with E-state index in [0.717, 1.165) is 0 Å². The number of fused-ring (bicyclic) bond motifs is 1. The molecule has 166 valence electrons. The van der Waals surface area contributed by atoms with Gasteiger partial charge in [0.25, 0.3) is 11.5 Å². The number of amides is 1. The summed E-state index contributed by atoms with van der Waals surface area (Å²) in [4.78, 5) is 29.5. The Hall–Kier alpha value is -4.28. The minimum Gasteiger partial charge on any atom is -0.493 e. The molecular weight excluding hydrogens is 420 g/mol. The fraction of sp³-hybridized carbons (Fsp3) is 0.238. The summed E-state index contributed by atoms with van der Waals surface area (Å²) in [6, 6.07) is 4.94. The average Bonchev–Trinajstić information content (AvgIpc) is 3.39. The molecule has 32 heavy (non-hydrogen) atoms. The predicted octanol–water partition coefficient (Wildman–Crippen LogP) is 2.77. The van der Waals surface area contributed by atoms with Crippen LogP contribution in [0.15, 0.2) is 38.3 Å². The van der Waals surface area contributed by atoms with Crippen molar-refractivity contribution in [1.82, 2.24) is 14.7 Å². The monoisotopic (exact) mass is 440 g/mol. The van der Waals surface area contributed by atoms with Gasteiger partial charge in [-0.05, 0) is 19.1 Å². The Balaban J connectivity index is 1.67. The molecule has 1 amide bonds. The number of carbonyl (C=O) groups is 1. The molecule has 0 spiro atoms. The maximum absolute atomic E-state index is 12.9. The molecule has 1 aromatic carbocycles. The van der Waals surface area contributed by atoms with Crippen LogP contribution in [0.2, 0.25) is 0 Å². The topological polar surface area (TPSA) is 131 Å². The maximum atomic E-state index is 12.9. The summed E-state index contributed by atoms with van der Waals surface area (Å²) in [7, 11) is 6.06. The molecular formula is C21H20N4O7. The van der Waals surface area contributed by atoms with Gasteiger partial charge >= 0.3 is 0 Å². The number of methoxy groups -OCH3 is 3. The molecule has 0 aliphatic heterocycles. The second-order valence-electron chi connectivity index (χ2n) is 6.82. The molecule has 0 atom stereocenters. The molecule has 0 saturated heterocycles. The molecule has 0 unspecified atom stereocenters. The lowest BCUT2D eigenvalue weighted by Gasteiger charge is -2.13. The Bertz CT molecular complexity index is 1360. The summed E-state index contributed by atoms with van der Waals surface area (Å²) in [5.41, 5.74) is 0.816. The van der Waals surface area contributed by atoms with Crippen LogP contribution < -0.4 is 25.1 Å². The zero-order valence-electron chi connectivity index (χ0n) is 18.0. The molecule has 0 fully saturated rings. The van der Waals surface area contributed by atoms with E-state index in [1.54, 1.807) is 26.1 Å². The van der Waals surface area contributed by atoms with E-state index in [0.29, 0.717) is 28.5 Å². The Labute approximate surface area is 181 Å². The zero-order chi connectivity index (χ0) is 23.0. The van der Waals surface area contributed by atoms with Crippen molar-refractivity contribution in [2.75, 3.05) is 26.6 Å². The van der Waals surface area contributed by atoms with E-state index in [-0.39, 0.29) is 28.3 Å². The Morgan fingerprint density at radius 3 is 2.41 bits per heavy atom. The van der Waals surface area contributed by atoms with Gasteiger partial charge in [0.1, 0.15) is 23.2 Å². The molecule has 11 nitrogen and oxygen atoms in total. The minimum atomic E-state index is -0.584. The largest absolute Gasteiger partial charge is 0.493 e. The number of nitrogens with one attached hydrogen (secondary N) is 1. The van der Waals surface area contributed by atoms with Crippen molar-refractivity contribution in [3.05, 3.63) is 46.2 Å². The highest BCUT2D eigenvalue weighted by Gasteiger charge is 2.24. The van der Waals surface area contributed by atoms with Gasteiger partial charge in [-0.1, -0.05) is 5.16 Å². The van der Waals surface area contributed by atoms with Crippen LogP contribution in [0.1, 0.15) is 16.1 Å². The second-order valence-corrected chi connectivity index (χ2v) is 6.82. The molecule has 1 N–H and O–H groups in total. The summed E-state index contributed by atoms with van der Waals surface area (Å²) < 4.78 is 28.0. The number of furan rings is 1. The lowest BCUT2D eigenvalue weighted by atomic mass is 10.1. The molecule has 0 aliphatic carbocycles. The van der Waals surface area contributed by atoms with Crippen LogP contribution in [-0.2, 0) is 7.05 Å². The van der Waals surface area contributed by atoms with Crippen molar-refractivity contribution in [3.63, 3.8) is 0 Å². The van der Waals surface area contributed by atoms with Gasteiger partial charge in [0.2, 0.25) is 17.3 Å². The lowest BCUT2D eigenvalue weighted by Crippen LogP contribution is -2.20. The smallest absolute Gasteiger partial charge is 0.265 e. The quantitative estimate of drug-likeness (QED) is 0.481. The van der Waals surface area contributed by atoms with Crippen molar-refractivity contribution >= 4 is 22.9 Å². The number of hydrogen-bond acceptors (Lipinski definition) is 9. The number of nitrogens with zero attached hydrogens (tertiary/aromatic N) is 3. The number of aromatic nitrogens is 3. The van der Waals surface area contributed by atoms with Crippen molar-refractivity contribution in [1.29, 1.82) is 0 Å². The molecule has 4 rings (SSSR count). The first-order valence-corrected chi connectivity index (χ1v) is 9.41. The number of aryl methyl sites for hydroxylation is 2. The third kappa shape index (κ3) is 3.43. The van der Waals surface area contributed by atoms with Crippen LogP contribution in [-0.4, -0.2) is 41.9 Å². The van der Waals surface area contributed by atoms with Gasteiger partial charge in [-0.3, -0.25) is 14.9 Å². The summed E-state index contributed by atoms with van der Waals surface area (Å²) in [5.74, 6) is 1.08. The first kappa shape index (κ1) is 21.0. The second kappa shape index (κ2) is 8.10. The van der Waals surface area contributed by atoms with E-state index >= 15 is 0 Å². The fourth-order valence-corrected chi connectivity index (χ4v) is 3.33. The first-order chi connectivity index (χ1) is 15.4. The SMILES string of the molecule is COc1cc(-c2cc(NC(=O)c3c(C)oc4ncn(C)c(=O)c34)on2)cc(OC)c1OC. The Morgan fingerprint density at radius 2 is 1.78 bits per heavy atom. The Kier molecular flexibility index (Phi) is 5.31. The zero-order valence-corrected chi connectivity index (χ0v) is 18.0. The molecule has 0 radical (unpaired) electrons. The highest BCUT2D eigenvalue weighted by atomic mass is 16.5. The number of rotatable bonds is 6. The van der Waals surface area contributed by atoms with E-state index in [2.05, 4.69) is 15.5 Å². The number of hydrogen-bond donors (Lipinski definition) is 1. The molecule has 3 heterocycles. The number of ether oxygens (including phenoxy) is 3. The Morgan fingerprint density at radius 1 is 1.09 bits per heavy atom. The summed E-state index contributed by atoms with van der Waals surface area (Å²) >= 11 is 0.